The van der Waals surface area contributed by atoms with Gasteiger partial charge in [0.2, 0.25) is 0 Å². The first-order chi connectivity index (χ1) is 12.9. The van der Waals surface area contributed by atoms with Gasteiger partial charge < -0.3 is 15.2 Å². The van der Waals surface area contributed by atoms with Gasteiger partial charge in [0.15, 0.2) is 11.7 Å². The lowest BCUT2D eigenvalue weighted by Gasteiger charge is -2.15. The highest BCUT2D eigenvalue weighted by atomic mass is 32.1. The number of hydrogen-bond donors (Lipinski definition) is 3. The zero-order chi connectivity index (χ0) is 19.8. The Hall–Kier alpha value is -2.60. The third-order valence-electron chi connectivity index (χ3n) is 4.40. The molecule has 0 saturated carbocycles. The highest BCUT2D eigenvalue weighted by Gasteiger charge is 2.11. The summed E-state index contributed by atoms with van der Waals surface area (Å²) in [5.74, 6) is 0.692. The summed E-state index contributed by atoms with van der Waals surface area (Å²) < 4.78 is 5.46. The maximum absolute atomic E-state index is 12.0. The molecule has 3 N–H and O–H groups in total. The summed E-state index contributed by atoms with van der Waals surface area (Å²) in [5.41, 5.74) is 2.76. The molecular weight excluding hydrogens is 360 g/mol. The van der Waals surface area contributed by atoms with Crippen LogP contribution < -0.4 is 15.4 Å². The summed E-state index contributed by atoms with van der Waals surface area (Å²) >= 11 is 5.16. The van der Waals surface area contributed by atoms with E-state index in [1.54, 1.807) is 6.07 Å². The van der Waals surface area contributed by atoms with Crippen LogP contribution in [0.2, 0.25) is 0 Å². The lowest BCUT2D eigenvalue weighted by Crippen LogP contribution is -2.37. The van der Waals surface area contributed by atoms with E-state index in [2.05, 4.69) is 31.4 Å². The molecule has 0 radical (unpaired) electrons. The topological polar surface area (TPSA) is 70.6 Å². The molecule has 0 aliphatic heterocycles. The number of carbonyl (C=O) groups excluding carboxylic acids is 1. The molecule has 5 nitrogen and oxygen atoms in total. The van der Waals surface area contributed by atoms with Crippen molar-refractivity contribution in [3.8, 4) is 11.5 Å². The van der Waals surface area contributed by atoms with Gasteiger partial charge in [0.1, 0.15) is 11.5 Å². The number of phenolic OH excluding ortho intramolecular Hbond substituents is 1. The minimum atomic E-state index is -0.371. The molecule has 0 aliphatic rings. The summed E-state index contributed by atoms with van der Waals surface area (Å²) in [7, 11) is 0. The molecule has 0 fully saturated rings. The maximum Gasteiger partial charge on any atom is 0.264 e. The molecular formula is C21H26N2O3S. The van der Waals surface area contributed by atoms with Crippen molar-refractivity contribution in [3.63, 3.8) is 0 Å². The van der Waals surface area contributed by atoms with Crippen molar-refractivity contribution in [2.24, 2.45) is 0 Å². The van der Waals surface area contributed by atoms with Gasteiger partial charge in [-0.15, -0.1) is 0 Å². The highest BCUT2D eigenvalue weighted by molar-refractivity contribution is 7.80. The van der Waals surface area contributed by atoms with Crippen molar-refractivity contribution >= 4 is 28.9 Å². The molecule has 144 valence electrons. The molecule has 0 heterocycles. The predicted octanol–water partition coefficient (Wildman–Crippen LogP) is 4.36. The number of hydrogen-bond acceptors (Lipinski definition) is 4. The second-order valence-corrected chi connectivity index (χ2v) is 6.78. The van der Waals surface area contributed by atoms with Crippen LogP contribution in [0.1, 0.15) is 44.2 Å². The van der Waals surface area contributed by atoms with Crippen LogP contribution in [0.4, 0.5) is 5.69 Å². The molecule has 0 bridgehead atoms. The van der Waals surface area contributed by atoms with E-state index in [1.807, 2.05) is 36.4 Å². The SMILES string of the molecule is CCc1ccc(OCC(=O)NC(=S)Nc2cc(C(C)CC)ccc2O)cc1. The van der Waals surface area contributed by atoms with E-state index in [9.17, 15) is 9.90 Å². The minimum absolute atomic E-state index is 0.0749. The van der Waals surface area contributed by atoms with E-state index in [0.29, 0.717) is 17.4 Å². The third kappa shape index (κ3) is 6.25. The number of amides is 1. The van der Waals surface area contributed by atoms with Crippen LogP contribution in [0.15, 0.2) is 42.5 Å². The van der Waals surface area contributed by atoms with Gasteiger partial charge in [-0.2, -0.15) is 0 Å². The van der Waals surface area contributed by atoms with Crippen molar-refractivity contribution < 1.29 is 14.6 Å². The van der Waals surface area contributed by atoms with Gasteiger partial charge in [-0.3, -0.25) is 10.1 Å². The summed E-state index contributed by atoms with van der Waals surface area (Å²) in [6.07, 6.45) is 1.94. The van der Waals surface area contributed by atoms with E-state index < -0.39 is 0 Å². The number of thiocarbonyl (C=S) groups is 1. The predicted molar refractivity (Wildman–Crippen MR) is 112 cm³/mol. The number of rotatable bonds is 7. The van der Waals surface area contributed by atoms with Gasteiger partial charge in [0.05, 0.1) is 5.69 Å². The Morgan fingerprint density at radius 1 is 1.19 bits per heavy atom. The molecule has 2 aromatic carbocycles. The van der Waals surface area contributed by atoms with Gasteiger partial charge in [-0.05, 0) is 66.4 Å². The van der Waals surface area contributed by atoms with E-state index >= 15 is 0 Å². The van der Waals surface area contributed by atoms with Crippen LogP contribution in [0.25, 0.3) is 0 Å². The number of aromatic hydroxyl groups is 1. The Morgan fingerprint density at radius 2 is 1.89 bits per heavy atom. The van der Waals surface area contributed by atoms with E-state index in [1.165, 1.54) is 5.56 Å². The first kappa shape index (κ1) is 20.7. The second-order valence-electron chi connectivity index (χ2n) is 6.37. The number of ether oxygens (including phenoxy) is 1. The fourth-order valence-corrected chi connectivity index (χ4v) is 2.71. The first-order valence-electron chi connectivity index (χ1n) is 9.08. The van der Waals surface area contributed by atoms with Crippen LogP contribution in [0.3, 0.4) is 0 Å². The fraction of sp³-hybridized carbons (Fsp3) is 0.333. The molecule has 1 atom stereocenters. The lowest BCUT2D eigenvalue weighted by atomic mass is 9.98. The van der Waals surface area contributed by atoms with Crippen LogP contribution in [-0.2, 0) is 11.2 Å². The van der Waals surface area contributed by atoms with Gasteiger partial charge >= 0.3 is 0 Å². The molecule has 6 heteroatoms. The first-order valence-corrected chi connectivity index (χ1v) is 9.49. The quantitative estimate of drug-likeness (QED) is 0.487. The number of phenols is 1. The molecule has 2 rings (SSSR count). The van der Waals surface area contributed by atoms with Crippen molar-refractivity contribution in [3.05, 3.63) is 53.6 Å². The zero-order valence-corrected chi connectivity index (χ0v) is 16.7. The Bertz CT molecular complexity index is 791. The molecule has 1 amide bonds. The number of nitrogens with one attached hydrogen (secondary N) is 2. The van der Waals surface area contributed by atoms with Crippen molar-refractivity contribution in [1.82, 2.24) is 5.32 Å². The number of aryl methyl sites for hydroxylation is 1. The summed E-state index contributed by atoms with van der Waals surface area (Å²) in [6.45, 7) is 6.14. The standard InChI is InChI=1S/C21H26N2O3S/c1-4-14(3)16-8-11-19(24)18(12-16)22-21(27)23-20(25)13-26-17-9-6-15(5-2)7-10-17/h6-12,14,24H,4-5,13H2,1-3H3,(H2,22,23,25,27). The smallest absolute Gasteiger partial charge is 0.264 e. The highest BCUT2D eigenvalue weighted by Crippen LogP contribution is 2.29. The number of carbonyl (C=O) groups is 1. The minimum Gasteiger partial charge on any atom is -0.506 e. The second kappa shape index (κ2) is 9.92. The Morgan fingerprint density at radius 3 is 2.52 bits per heavy atom. The van der Waals surface area contributed by atoms with Crippen molar-refractivity contribution in [2.75, 3.05) is 11.9 Å². The molecule has 2 aromatic rings. The van der Waals surface area contributed by atoms with Crippen LogP contribution >= 0.6 is 12.2 Å². The average Bonchev–Trinajstić information content (AvgIpc) is 2.67. The van der Waals surface area contributed by atoms with Gasteiger partial charge in [0.25, 0.3) is 5.91 Å². The Kier molecular flexibility index (Phi) is 7.61. The molecule has 0 saturated heterocycles. The van der Waals surface area contributed by atoms with Crippen molar-refractivity contribution in [2.45, 2.75) is 39.5 Å². The molecule has 27 heavy (non-hydrogen) atoms. The lowest BCUT2D eigenvalue weighted by molar-refractivity contribution is -0.121. The normalized spacial score (nSPS) is 11.5. The third-order valence-corrected chi connectivity index (χ3v) is 4.61. The van der Waals surface area contributed by atoms with Crippen LogP contribution in [0.5, 0.6) is 11.5 Å². The zero-order valence-electron chi connectivity index (χ0n) is 15.9. The molecule has 0 aromatic heterocycles. The molecule has 0 aliphatic carbocycles. The fourth-order valence-electron chi connectivity index (χ4n) is 2.48. The Balaban J connectivity index is 1.88. The van der Waals surface area contributed by atoms with Crippen molar-refractivity contribution in [1.29, 1.82) is 0 Å². The molecule has 1 unspecified atom stereocenters. The summed E-state index contributed by atoms with van der Waals surface area (Å²) in [6, 6.07) is 12.9. The largest absolute Gasteiger partial charge is 0.506 e. The number of anilines is 1. The molecule has 0 spiro atoms. The monoisotopic (exact) mass is 386 g/mol. The van der Waals surface area contributed by atoms with E-state index in [0.717, 1.165) is 18.4 Å². The van der Waals surface area contributed by atoms with E-state index in [4.69, 9.17) is 17.0 Å². The van der Waals surface area contributed by atoms with Gasteiger partial charge in [0, 0.05) is 0 Å². The average molecular weight is 387 g/mol. The van der Waals surface area contributed by atoms with E-state index in [-0.39, 0.29) is 23.4 Å². The maximum atomic E-state index is 12.0. The summed E-state index contributed by atoms with van der Waals surface area (Å²) in [4.78, 5) is 12.0. The Labute approximate surface area is 165 Å². The van der Waals surface area contributed by atoms with Gasteiger partial charge in [-0.25, -0.2) is 0 Å². The van der Waals surface area contributed by atoms with Crippen LogP contribution in [-0.4, -0.2) is 22.7 Å². The van der Waals surface area contributed by atoms with Crippen LogP contribution in [0, 0.1) is 0 Å². The number of benzene rings is 2. The van der Waals surface area contributed by atoms with Gasteiger partial charge in [-0.1, -0.05) is 39.0 Å². The summed E-state index contributed by atoms with van der Waals surface area (Å²) in [5, 5.41) is 15.5.